The summed E-state index contributed by atoms with van der Waals surface area (Å²) in [4.78, 5) is 13.5. The molecule has 0 saturated carbocycles. The Bertz CT molecular complexity index is 391. The van der Waals surface area contributed by atoms with Crippen molar-refractivity contribution >= 4 is 5.91 Å². The molecule has 1 amide bonds. The van der Waals surface area contributed by atoms with Crippen LogP contribution in [-0.2, 0) is 11.3 Å². The van der Waals surface area contributed by atoms with Crippen LogP contribution in [0.2, 0.25) is 0 Å². The number of carbonyl (C=O) groups excluding carboxylic acids is 1. The molecule has 2 rings (SSSR count). The first-order valence-electron chi connectivity index (χ1n) is 7.41. The first-order valence-corrected chi connectivity index (χ1v) is 7.41. The second kappa shape index (κ2) is 8.98. The molecular formula is C16H25ClN2O. The molecule has 0 aliphatic carbocycles. The fourth-order valence-corrected chi connectivity index (χ4v) is 2.79. The van der Waals surface area contributed by atoms with Gasteiger partial charge in [-0.25, -0.2) is 0 Å². The fourth-order valence-electron chi connectivity index (χ4n) is 2.79. The zero-order valence-corrected chi connectivity index (χ0v) is 13.0. The van der Waals surface area contributed by atoms with Gasteiger partial charge in [0.2, 0.25) is 5.91 Å². The summed E-state index contributed by atoms with van der Waals surface area (Å²) >= 11 is 0. The fraction of sp³-hybridized carbons (Fsp3) is 0.562. The van der Waals surface area contributed by atoms with Crippen molar-refractivity contribution in [1.29, 1.82) is 0 Å². The van der Waals surface area contributed by atoms with E-state index in [1.807, 2.05) is 30.3 Å². The van der Waals surface area contributed by atoms with E-state index < -0.39 is 0 Å². The maximum Gasteiger partial charge on any atom is 0.226 e. The number of halogens is 1. The van der Waals surface area contributed by atoms with E-state index in [2.05, 4.69) is 12.2 Å². The Morgan fingerprint density at radius 3 is 2.50 bits per heavy atom. The van der Waals surface area contributed by atoms with Crippen LogP contribution in [0.3, 0.4) is 0 Å². The lowest BCUT2D eigenvalue weighted by atomic mass is 10.1. The number of piperidine rings is 1. The molecule has 20 heavy (non-hydrogen) atoms. The Kier molecular flexibility index (Phi) is 7.63. The first kappa shape index (κ1) is 17.0. The topological polar surface area (TPSA) is 33.5 Å². The average molecular weight is 297 g/mol. The third-order valence-electron chi connectivity index (χ3n) is 4.02. The van der Waals surface area contributed by atoms with Crippen molar-refractivity contribution in [3.8, 4) is 0 Å². The molecule has 0 aromatic heterocycles. The molecule has 1 heterocycles. The van der Waals surface area contributed by atoms with Crippen molar-refractivity contribution in [2.75, 3.05) is 13.1 Å². The summed E-state index contributed by atoms with van der Waals surface area (Å²) in [6.45, 7) is 5.30. The highest BCUT2D eigenvalue weighted by Crippen LogP contribution is 1.99. The van der Waals surface area contributed by atoms with Gasteiger partial charge in [0, 0.05) is 6.54 Å². The number of carbonyl (C=O) groups is 1. The van der Waals surface area contributed by atoms with E-state index in [0.29, 0.717) is 19.0 Å². The molecule has 1 atom stereocenters. The molecule has 4 heteroatoms. The molecule has 1 saturated heterocycles. The van der Waals surface area contributed by atoms with E-state index in [9.17, 15) is 4.79 Å². The lowest BCUT2D eigenvalue weighted by Crippen LogP contribution is -3.16. The second-order valence-corrected chi connectivity index (χ2v) is 5.59. The minimum atomic E-state index is 0. The molecule has 1 fully saturated rings. The maximum atomic E-state index is 11.9. The van der Waals surface area contributed by atoms with E-state index >= 15 is 0 Å². The van der Waals surface area contributed by atoms with Gasteiger partial charge < -0.3 is 22.6 Å². The van der Waals surface area contributed by atoms with E-state index in [1.165, 1.54) is 32.4 Å². The third-order valence-corrected chi connectivity index (χ3v) is 4.02. The summed E-state index contributed by atoms with van der Waals surface area (Å²) in [7, 11) is 0. The molecule has 2 N–H and O–H groups in total. The lowest BCUT2D eigenvalue weighted by molar-refractivity contribution is -0.927. The number of benzene rings is 1. The quantitative estimate of drug-likeness (QED) is 0.658. The van der Waals surface area contributed by atoms with Crippen LogP contribution in [0.1, 0.15) is 38.2 Å². The van der Waals surface area contributed by atoms with Gasteiger partial charge in [-0.15, -0.1) is 0 Å². The predicted molar refractivity (Wildman–Crippen MR) is 76.9 cm³/mol. The summed E-state index contributed by atoms with van der Waals surface area (Å²) in [5.74, 6) is 0.175. The Balaban J connectivity index is 0.00000200. The average Bonchev–Trinajstić information content (AvgIpc) is 2.47. The molecule has 3 nitrogen and oxygen atoms in total. The molecule has 1 aromatic rings. The van der Waals surface area contributed by atoms with E-state index in [0.717, 1.165) is 5.56 Å². The highest BCUT2D eigenvalue weighted by atomic mass is 35.5. The van der Waals surface area contributed by atoms with Gasteiger partial charge >= 0.3 is 0 Å². The Labute approximate surface area is 128 Å². The second-order valence-electron chi connectivity index (χ2n) is 5.59. The molecule has 112 valence electrons. The zero-order valence-electron chi connectivity index (χ0n) is 12.2. The Morgan fingerprint density at radius 1 is 1.20 bits per heavy atom. The van der Waals surface area contributed by atoms with Crippen molar-refractivity contribution < 1.29 is 22.1 Å². The summed E-state index contributed by atoms with van der Waals surface area (Å²) < 4.78 is 0. The van der Waals surface area contributed by atoms with Crippen LogP contribution in [0.4, 0.5) is 0 Å². The van der Waals surface area contributed by atoms with Gasteiger partial charge in [-0.1, -0.05) is 30.3 Å². The van der Waals surface area contributed by atoms with Gasteiger partial charge in [-0.05, 0) is 31.7 Å². The normalized spacial score (nSPS) is 17.1. The van der Waals surface area contributed by atoms with Crippen LogP contribution in [-0.4, -0.2) is 25.0 Å². The number of likely N-dealkylation sites (tertiary alicyclic amines) is 1. The number of rotatable bonds is 5. The minimum Gasteiger partial charge on any atom is -1.00 e. The minimum absolute atomic E-state index is 0. The number of hydrogen-bond donors (Lipinski definition) is 2. The van der Waals surface area contributed by atoms with E-state index in [-0.39, 0.29) is 18.3 Å². The monoisotopic (exact) mass is 296 g/mol. The smallest absolute Gasteiger partial charge is 0.226 e. The highest BCUT2D eigenvalue weighted by Gasteiger charge is 2.22. The molecule has 0 bridgehead atoms. The molecule has 1 aliphatic rings. The van der Waals surface area contributed by atoms with Crippen molar-refractivity contribution in [2.45, 2.75) is 45.2 Å². The predicted octanol–water partition coefficient (Wildman–Crippen LogP) is -1.85. The van der Waals surface area contributed by atoms with Gasteiger partial charge in [-0.2, -0.15) is 0 Å². The van der Waals surface area contributed by atoms with Crippen molar-refractivity contribution in [3.63, 3.8) is 0 Å². The van der Waals surface area contributed by atoms with Crippen LogP contribution in [0.25, 0.3) is 0 Å². The van der Waals surface area contributed by atoms with Crippen LogP contribution < -0.4 is 22.6 Å². The van der Waals surface area contributed by atoms with E-state index in [4.69, 9.17) is 0 Å². The molecule has 0 spiro atoms. The van der Waals surface area contributed by atoms with Crippen LogP contribution in [0.15, 0.2) is 30.3 Å². The molecule has 1 unspecified atom stereocenters. The Hall–Kier alpha value is -1.06. The first-order chi connectivity index (χ1) is 9.25. The number of nitrogens with one attached hydrogen (secondary N) is 2. The summed E-state index contributed by atoms with van der Waals surface area (Å²) in [5, 5.41) is 3.02. The number of hydrogen-bond acceptors (Lipinski definition) is 1. The Morgan fingerprint density at radius 2 is 1.85 bits per heavy atom. The van der Waals surface area contributed by atoms with Crippen LogP contribution >= 0.6 is 0 Å². The third kappa shape index (κ3) is 5.51. The lowest BCUT2D eigenvalue weighted by Gasteiger charge is -2.29. The van der Waals surface area contributed by atoms with Crippen LogP contribution in [0, 0.1) is 0 Å². The largest absolute Gasteiger partial charge is 1.00 e. The van der Waals surface area contributed by atoms with Gasteiger partial charge in [0.1, 0.15) is 0 Å². The highest BCUT2D eigenvalue weighted by molar-refractivity contribution is 5.76. The molecular weight excluding hydrogens is 272 g/mol. The summed E-state index contributed by atoms with van der Waals surface area (Å²) in [6, 6.07) is 10.5. The van der Waals surface area contributed by atoms with Gasteiger partial charge in [0.05, 0.1) is 25.6 Å². The van der Waals surface area contributed by atoms with Crippen molar-refractivity contribution in [2.24, 2.45) is 0 Å². The maximum absolute atomic E-state index is 11.9. The van der Waals surface area contributed by atoms with E-state index in [1.54, 1.807) is 4.90 Å². The SMILES string of the molecule is CC(CC(=O)NCc1ccccc1)[NH+]1CCCCC1.[Cl-]. The molecule has 1 aromatic carbocycles. The van der Waals surface area contributed by atoms with Crippen LogP contribution in [0.5, 0.6) is 0 Å². The van der Waals surface area contributed by atoms with Crippen molar-refractivity contribution in [1.82, 2.24) is 5.32 Å². The molecule has 1 aliphatic heterocycles. The van der Waals surface area contributed by atoms with Crippen molar-refractivity contribution in [3.05, 3.63) is 35.9 Å². The molecule has 0 radical (unpaired) electrons. The standard InChI is InChI=1S/C16H24N2O.ClH/c1-14(18-10-6-3-7-11-18)12-16(19)17-13-15-8-4-2-5-9-15;/h2,4-5,8-9,14H,3,6-7,10-13H2,1H3,(H,17,19);1H. The number of amides is 1. The number of quaternary nitrogens is 1. The van der Waals surface area contributed by atoms with Gasteiger partial charge in [0.15, 0.2) is 0 Å². The zero-order chi connectivity index (χ0) is 13.5. The summed E-state index contributed by atoms with van der Waals surface area (Å²) in [5.41, 5.74) is 1.16. The van der Waals surface area contributed by atoms with Gasteiger partial charge in [0.25, 0.3) is 0 Å². The summed E-state index contributed by atoms with van der Waals surface area (Å²) in [6.07, 6.45) is 4.62. The van der Waals surface area contributed by atoms with Gasteiger partial charge in [-0.3, -0.25) is 4.79 Å².